The molecule has 0 aliphatic rings. The molecule has 4 heteroatoms. The summed E-state index contributed by atoms with van der Waals surface area (Å²) in [6.45, 7) is 2.93. The highest BCUT2D eigenvalue weighted by Gasteiger charge is 1.95. The van der Waals surface area contributed by atoms with Crippen molar-refractivity contribution in [1.29, 1.82) is 0 Å². The van der Waals surface area contributed by atoms with E-state index in [1.54, 1.807) is 10.9 Å². The van der Waals surface area contributed by atoms with Crippen LogP contribution in [0.25, 0.3) is 0 Å². The zero-order chi connectivity index (χ0) is 10.2. The highest BCUT2D eigenvalue weighted by atomic mass is 16.1. The van der Waals surface area contributed by atoms with Crippen LogP contribution in [0, 0.1) is 0 Å². The molecule has 0 bridgehead atoms. The molecule has 14 heavy (non-hydrogen) atoms. The number of hydrogen-bond donors (Lipinski definition) is 0. The van der Waals surface area contributed by atoms with E-state index in [9.17, 15) is 4.79 Å². The number of rotatable bonds is 6. The minimum absolute atomic E-state index is 0.199. The molecule has 1 heterocycles. The van der Waals surface area contributed by atoms with Crippen LogP contribution in [-0.4, -0.2) is 14.5 Å². The molecule has 0 aromatic carbocycles. The zero-order valence-corrected chi connectivity index (χ0v) is 8.65. The molecule has 0 spiro atoms. The second kappa shape index (κ2) is 6.29. The first kappa shape index (κ1) is 10.9. The van der Waals surface area contributed by atoms with Gasteiger partial charge in [-0.2, -0.15) is 4.98 Å². The Balaban J connectivity index is 2.25. The van der Waals surface area contributed by atoms with Crippen molar-refractivity contribution >= 4 is 0 Å². The van der Waals surface area contributed by atoms with Crippen LogP contribution in [0.3, 0.4) is 0 Å². The molecule has 0 radical (unpaired) electrons. The van der Waals surface area contributed by atoms with Gasteiger partial charge in [-0.1, -0.05) is 32.6 Å². The minimum Gasteiger partial charge on any atom is -0.283 e. The van der Waals surface area contributed by atoms with Crippen molar-refractivity contribution in [2.45, 2.75) is 45.6 Å². The van der Waals surface area contributed by atoms with Gasteiger partial charge < -0.3 is 0 Å². The predicted molar refractivity (Wildman–Crippen MR) is 55.1 cm³/mol. The predicted octanol–water partition coefficient (Wildman–Crippen LogP) is 1.61. The Morgan fingerprint density at radius 2 is 2.07 bits per heavy atom. The summed E-state index contributed by atoms with van der Waals surface area (Å²) in [6, 6.07) is 0. The molecule has 0 atom stereocenters. The summed E-state index contributed by atoms with van der Waals surface area (Å²) in [4.78, 5) is 18.6. The first-order chi connectivity index (χ1) is 6.84. The molecule has 4 nitrogen and oxygen atoms in total. The van der Waals surface area contributed by atoms with E-state index in [2.05, 4.69) is 16.9 Å². The maximum absolute atomic E-state index is 11.2. The van der Waals surface area contributed by atoms with Gasteiger partial charge >= 0.3 is 5.69 Å². The third kappa shape index (κ3) is 3.68. The van der Waals surface area contributed by atoms with Gasteiger partial charge in [0, 0.05) is 6.54 Å². The lowest BCUT2D eigenvalue weighted by atomic mass is 10.1. The summed E-state index contributed by atoms with van der Waals surface area (Å²) < 4.78 is 1.56. The Bertz CT molecular complexity index is 308. The molecule has 0 saturated carbocycles. The van der Waals surface area contributed by atoms with Crippen LogP contribution in [0.2, 0.25) is 0 Å². The smallest absolute Gasteiger partial charge is 0.283 e. The Morgan fingerprint density at radius 1 is 1.29 bits per heavy atom. The van der Waals surface area contributed by atoms with Gasteiger partial charge in [-0.25, -0.2) is 9.78 Å². The van der Waals surface area contributed by atoms with E-state index < -0.39 is 0 Å². The van der Waals surface area contributed by atoms with E-state index >= 15 is 0 Å². The van der Waals surface area contributed by atoms with Crippen molar-refractivity contribution in [2.75, 3.05) is 0 Å². The number of aryl methyl sites for hydroxylation is 1. The largest absolute Gasteiger partial charge is 0.350 e. The lowest BCUT2D eigenvalue weighted by Gasteiger charge is -2.02. The first-order valence-corrected chi connectivity index (χ1v) is 5.21. The normalized spacial score (nSPS) is 10.4. The van der Waals surface area contributed by atoms with Crippen molar-refractivity contribution in [3.05, 3.63) is 23.1 Å². The molecule has 0 amide bonds. The number of hydrogen-bond acceptors (Lipinski definition) is 3. The van der Waals surface area contributed by atoms with Crippen LogP contribution in [0.4, 0.5) is 0 Å². The summed E-state index contributed by atoms with van der Waals surface area (Å²) in [5.41, 5.74) is -0.199. The average molecular weight is 195 g/mol. The first-order valence-electron chi connectivity index (χ1n) is 5.21. The number of nitrogens with zero attached hydrogens (tertiary/aromatic N) is 3. The standard InChI is InChI=1S/C10H17N3O/c1-2-3-4-5-6-7-13-9-11-8-12-10(13)14/h8-9H,2-7H2,1H3. The van der Waals surface area contributed by atoms with Crippen LogP contribution in [0.1, 0.15) is 39.0 Å². The van der Waals surface area contributed by atoms with E-state index in [0.717, 1.165) is 13.0 Å². The lowest BCUT2D eigenvalue weighted by molar-refractivity contribution is 0.544. The highest BCUT2D eigenvalue weighted by Crippen LogP contribution is 2.02. The summed E-state index contributed by atoms with van der Waals surface area (Å²) in [6.07, 6.45) is 8.82. The molecule has 0 saturated heterocycles. The molecule has 1 aromatic heterocycles. The van der Waals surface area contributed by atoms with Crippen molar-refractivity contribution < 1.29 is 0 Å². The van der Waals surface area contributed by atoms with Crippen LogP contribution >= 0.6 is 0 Å². The van der Waals surface area contributed by atoms with Crippen molar-refractivity contribution in [3.63, 3.8) is 0 Å². The van der Waals surface area contributed by atoms with Crippen molar-refractivity contribution in [1.82, 2.24) is 14.5 Å². The fourth-order valence-electron chi connectivity index (χ4n) is 1.36. The van der Waals surface area contributed by atoms with Crippen molar-refractivity contribution in [3.8, 4) is 0 Å². The molecule has 78 valence electrons. The maximum Gasteiger partial charge on any atom is 0.350 e. The van der Waals surface area contributed by atoms with Gasteiger partial charge in [0.05, 0.1) is 0 Å². The Labute approximate surface area is 84.0 Å². The van der Waals surface area contributed by atoms with E-state index in [0.29, 0.717) is 0 Å². The quantitative estimate of drug-likeness (QED) is 0.648. The van der Waals surface area contributed by atoms with Crippen LogP contribution < -0.4 is 5.69 Å². The van der Waals surface area contributed by atoms with E-state index in [-0.39, 0.29) is 5.69 Å². The van der Waals surface area contributed by atoms with Crippen LogP contribution in [0.15, 0.2) is 17.4 Å². The van der Waals surface area contributed by atoms with Crippen molar-refractivity contribution in [2.24, 2.45) is 0 Å². The fraction of sp³-hybridized carbons (Fsp3) is 0.700. The second-order valence-electron chi connectivity index (χ2n) is 3.40. The van der Waals surface area contributed by atoms with Gasteiger partial charge in [-0.05, 0) is 6.42 Å². The Kier molecular flexibility index (Phi) is 4.89. The zero-order valence-electron chi connectivity index (χ0n) is 8.65. The second-order valence-corrected chi connectivity index (χ2v) is 3.40. The molecule has 0 unspecified atom stereocenters. The van der Waals surface area contributed by atoms with Gasteiger partial charge in [-0.3, -0.25) is 4.57 Å². The minimum atomic E-state index is -0.199. The molecule has 0 N–H and O–H groups in total. The fourth-order valence-corrected chi connectivity index (χ4v) is 1.36. The highest BCUT2D eigenvalue weighted by molar-refractivity contribution is 4.65. The van der Waals surface area contributed by atoms with E-state index in [1.165, 1.54) is 32.0 Å². The number of aromatic nitrogens is 3. The third-order valence-corrected chi connectivity index (χ3v) is 2.19. The van der Waals surface area contributed by atoms with Gasteiger partial charge in [0.25, 0.3) is 0 Å². The maximum atomic E-state index is 11.2. The Morgan fingerprint density at radius 3 is 2.79 bits per heavy atom. The van der Waals surface area contributed by atoms with E-state index in [1.807, 2.05) is 0 Å². The lowest BCUT2D eigenvalue weighted by Crippen LogP contribution is -2.22. The van der Waals surface area contributed by atoms with Gasteiger partial charge in [0.2, 0.25) is 0 Å². The summed E-state index contributed by atoms with van der Waals surface area (Å²) in [5.74, 6) is 0. The molecule has 1 rings (SSSR count). The van der Waals surface area contributed by atoms with Gasteiger partial charge in [0.15, 0.2) is 0 Å². The SMILES string of the molecule is CCCCCCCn1cncnc1=O. The monoisotopic (exact) mass is 195 g/mol. The summed E-state index contributed by atoms with van der Waals surface area (Å²) >= 11 is 0. The summed E-state index contributed by atoms with van der Waals surface area (Å²) in [7, 11) is 0. The molecule has 0 fully saturated rings. The third-order valence-electron chi connectivity index (χ3n) is 2.19. The van der Waals surface area contributed by atoms with Gasteiger partial charge in [-0.15, -0.1) is 0 Å². The molecule has 0 aliphatic carbocycles. The average Bonchev–Trinajstić information content (AvgIpc) is 2.20. The molecular formula is C10H17N3O. The molecule has 0 aliphatic heterocycles. The van der Waals surface area contributed by atoms with E-state index in [4.69, 9.17) is 0 Å². The molecule has 1 aromatic rings. The van der Waals surface area contributed by atoms with Gasteiger partial charge in [0.1, 0.15) is 12.7 Å². The topological polar surface area (TPSA) is 47.8 Å². The van der Waals surface area contributed by atoms with Crippen LogP contribution in [0.5, 0.6) is 0 Å². The number of unbranched alkanes of at least 4 members (excludes halogenated alkanes) is 4. The Hall–Kier alpha value is -1.19. The van der Waals surface area contributed by atoms with Crippen LogP contribution in [-0.2, 0) is 6.54 Å². The summed E-state index contributed by atoms with van der Waals surface area (Å²) in [5, 5.41) is 0. The molecular weight excluding hydrogens is 178 g/mol.